The number of rotatable bonds is 4. The summed E-state index contributed by atoms with van der Waals surface area (Å²) in [5.74, 6) is -1.57. The highest BCUT2D eigenvalue weighted by molar-refractivity contribution is 6.32. The van der Waals surface area contributed by atoms with E-state index in [2.05, 4.69) is 4.74 Å². The Kier molecular flexibility index (Phi) is 5.73. The number of halogens is 1. The van der Waals surface area contributed by atoms with Gasteiger partial charge in [0.1, 0.15) is 6.07 Å². The number of nitriles is 2. The monoisotopic (exact) mass is 354 g/mol. The summed E-state index contributed by atoms with van der Waals surface area (Å²) in [6.07, 6.45) is -1.29. The topological polar surface area (TPSA) is 100 Å². The first-order valence-corrected chi connectivity index (χ1v) is 7.36. The molecule has 0 fully saturated rings. The highest BCUT2D eigenvalue weighted by Crippen LogP contribution is 2.23. The molecule has 0 saturated heterocycles. The van der Waals surface area contributed by atoms with E-state index in [0.29, 0.717) is 11.1 Å². The average molecular weight is 355 g/mol. The minimum Gasteiger partial charge on any atom is -0.466 e. The van der Waals surface area contributed by atoms with Crippen LogP contribution in [0.25, 0.3) is 0 Å². The van der Waals surface area contributed by atoms with Crippen LogP contribution in [-0.4, -0.2) is 19.0 Å². The molecule has 7 heteroatoms. The third-order valence-corrected chi connectivity index (χ3v) is 3.62. The molecular weight excluding hydrogens is 344 g/mol. The molecule has 124 valence electrons. The van der Waals surface area contributed by atoms with Crippen molar-refractivity contribution in [3.05, 3.63) is 69.7 Å². The van der Waals surface area contributed by atoms with Crippen molar-refractivity contribution in [3.63, 3.8) is 0 Å². The zero-order valence-corrected chi connectivity index (χ0v) is 13.8. The Morgan fingerprint density at radius 3 is 2.28 bits per heavy atom. The molecule has 0 saturated carbocycles. The van der Waals surface area contributed by atoms with E-state index in [0.717, 1.165) is 0 Å². The van der Waals surface area contributed by atoms with E-state index in [9.17, 15) is 9.59 Å². The van der Waals surface area contributed by atoms with Gasteiger partial charge >= 0.3 is 11.9 Å². The van der Waals surface area contributed by atoms with Gasteiger partial charge < -0.3 is 9.47 Å². The van der Waals surface area contributed by atoms with E-state index in [-0.39, 0.29) is 16.1 Å². The number of carbonyl (C=O) groups excluding carboxylic acids is 2. The summed E-state index contributed by atoms with van der Waals surface area (Å²) in [6.45, 7) is 0. The number of hydrogen-bond acceptors (Lipinski definition) is 6. The molecule has 25 heavy (non-hydrogen) atoms. The normalized spacial score (nSPS) is 10.9. The van der Waals surface area contributed by atoms with E-state index in [4.69, 9.17) is 26.9 Å². The molecule has 0 bridgehead atoms. The third-order valence-electron chi connectivity index (χ3n) is 3.31. The van der Waals surface area contributed by atoms with Crippen molar-refractivity contribution in [2.24, 2.45) is 0 Å². The second-order valence-electron chi connectivity index (χ2n) is 4.85. The second kappa shape index (κ2) is 7.96. The number of nitrogens with zero attached hydrogens (tertiary/aromatic N) is 2. The lowest BCUT2D eigenvalue weighted by atomic mass is 10.1. The maximum absolute atomic E-state index is 12.3. The molecule has 0 radical (unpaired) electrons. The zero-order valence-electron chi connectivity index (χ0n) is 13.0. The Balaban J connectivity index is 2.29. The van der Waals surface area contributed by atoms with Crippen LogP contribution in [-0.2, 0) is 14.3 Å². The summed E-state index contributed by atoms with van der Waals surface area (Å²) < 4.78 is 9.91. The van der Waals surface area contributed by atoms with Crippen LogP contribution in [0.3, 0.4) is 0 Å². The van der Waals surface area contributed by atoms with E-state index < -0.39 is 18.0 Å². The van der Waals surface area contributed by atoms with Crippen LogP contribution in [0.5, 0.6) is 0 Å². The van der Waals surface area contributed by atoms with Gasteiger partial charge in [-0.15, -0.1) is 0 Å². The van der Waals surface area contributed by atoms with Crippen LogP contribution in [0.2, 0.25) is 5.02 Å². The van der Waals surface area contributed by atoms with Crippen molar-refractivity contribution < 1.29 is 19.1 Å². The fourth-order valence-electron chi connectivity index (χ4n) is 2.00. The second-order valence-corrected chi connectivity index (χ2v) is 5.26. The quantitative estimate of drug-likeness (QED) is 0.782. The van der Waals surface area contributed by atoms with Gasteiger partial charge in [0.15, 0.2) is 0 Å². The molecule has 0 aliphatic rings. The molecule has 0 spiro atoms. The predicted octanol–water partition coefficient (Wildman–Crippen LogP) is 3.15. The average Bonchev–Trinajstić information content (AvgIpc) is 2.65. The smallest absolute Gasteiger partial charge is 0.351 e. The number of hydrogen-bond donors (Lipinski definition) is 0. The van der Waals surface area contributed by atoms with Crippen LogP contribution in [0, 0.1) is 22.7 Å². The van der Waals surface area contributed by atoms with Gasteiger partial charge in [-0.1, -0.05) is 23.7 Å². The van der Waals surface area contributed by atoms with Crippen molar-refractivity contribution in [3.8, 4) is 12.1 Å². The number of carbonyl (C=O) groups is 2. The van der Waals surface area contributed by atoms with Gasteiger partial charge in [-0.3, -0.25) is 0 Å². The van der Waals surface area contributed by atoms with E-state index in [1.165, 1.54) is 49.6 Å². The Morgan fingerprint density at radius 2 is 1.76 bits per heavy atom. The minimum atomic E-state index is -1.29. The maximum atomic E-state index is 12.3. The first-order chi connectivity index (χ1) is 12.0. The lowest BCUT2D eigenvalue weighted by Crippen LogP contribution is -2.21. The van der Waals surface area contributed by atoms with Crippen LogP contribution in [0.1, 0.15) is 33.2 Å². The number of esters is 2. The Labute approximate surface area is 148 Å². The molecule has 0 aromatic heterocycles. The Morgan fingerprint density at radius 1 is 1.08 bits per heavy atom. The van der Waals surface area contributed by atoms with Gasteiger partial charge in [-0.05, 0) is 30.3 Å². The summed E-state index contributed by atoms with van der Waals surface area (Å²) in [4.78, 5) is 24.3. The molecule has 1 unspecified atom stereocenters. The van der Waals surface area contributed by atoms with E-state index >= 15 is 0 Å². The minimum absolute atomic E-state index is 0.0894. The highest BCUT2D eigenvalue weighted by atomic mass is 35.5. The van der Waals surface area contributed by atoms with Gasteiger partial charge in [0, 0.05) is 5.56 Å². The van der Waals surface area contributed by atoms with Gasteiger partial charge in [0.25, 0.3) is 0 Å². The SMILES string of the molecule is COC(=O)C(OC(=O)c1ccc(C#N)c(Cl)c1)c1ccc(C#N)cc1. The van der Waals surface area contributed by atoms with Crippen molar-refractivity contribution in [2.45, 2.75) is 6.10 Å². The molecule has 0 aliphatic carbocycles. The van der Waals surface area contributed by atoms with Crippen molar-refractivity contribution in [1.29, 1.82) is 10.5 Å². The van der Waals surface area contributed by atoms with Crippen molar-refractivity contribution in [1.82, 2.24) is 0 Å². The summed E-state index contributed by atoms with van der Waals surface area (Å²) in [5.41, 5.74) is 1.07. The number of methoxy groups -OCH3 is 1. The zero-order chi connectivity index (χ0) is 18.4. The van der Waals surface area contributed by atoms with Crippen molar-refractivity contribution >= 4 is 23.5 Å². The van der Waals surface area contributed by atoms with Gasteiger partial charge in [0.05, 0.1) is 34.9 Å². The maximum Gasteiger partial charge on any atom is 0.351 e. The summed E-state index contributed by atoms with van der Waals surface area (Å²) in [6, 6.07) is 13.9. The molecule has 0 aliphatic heterocycles. The van der Waals surface area contributed by atoms with E-state index in [1.54, 1.807) is 0 Å². The molecule has 6 nitrogen and oxygen atoms in total. The molecule has 0 heterocycles. The van der Waals surface area contributed by atoms with Crippen molar-refractivity contribution in [2.75, 3.05) is 7.11 Å². The lowest BCUT2D eigenvalue weighted by Gasteiger charge is -2.16. The third kappa shape index (κ3) is 4.14. The van der Waals surface area contributed by atoms with E-state index in [1.807, 2.05) is 12.1 Å². The van der Waals surface area contributed by atoms with Gasteiger partial charge in [0.2, 0.25) is 6.10 Å². The standard InChI is InChI=1S/C18H11ClN2O4/c1-24-18(23)16(12-4-2-11(9-20)3-5-12)25-17(22)13-6-7-14(10-21)15(19)8-13/h2-8,16H,1H3. The molecule has 2 aromatic carbocycles. The number of ether oxygens (including phenoxy) is 2. The Hall–Kier alpha value is -3.35. The largest absolute Gasteiger partial charge is 0.466 e. The highest BCUT2D eigenvalue weighted by Gasteiger charge is 2.26. The van der Waals surface area contributed by atoms with Gasteiger partial charge in [-0.2, -0.15) is 10.5 Å². The van der Waals surface area contributed by atoms with Crippen LogP contribution >= 0.6 is 11.6 Å². The number of benzene rings is 2. The molecular formula is C18H11ClN2O4. The summed E-state index contributed by atoms with van der Waals surface area (Å²) in [7, 11) is 1.17. The summed E-state index contributed by atoms with van der Waals surface area (Å²) in [5, 5.41) is 17.8. The fraction of sp³-hybridized carbons (Fsp3) is 0.111. The molecule has 1 atom stereocenters. The van der Waals surface area contributed by atoms with Crippen LogP contribution < -0.4 is 0 Å². The summed E-state index contributed by atoms with van der Waals surface area (Å²) >= 11 is 5.90. The van der Waals surface area contributed by atoms with Crippen LogP contribution in [0.15, 0.2) is 42.5 Å². The van der Waals surface area contributed by atoms with Crippen LogP contribution in [0.4, 0.5) is 0 Å². The lowest BCUT2D eigenvalue weighted by molar-refractivity contribution is -0.151. The van der Waals surface area contributed by atoms with Gasteiger partial charge in [-0.25, -0.2) is 9.59 Å². The fourth-order valence-corrected chi connectivity index (χ4v) is 2.22. The molecule has 2 rings (SSSR count). The predicted molar refractivity (Wildman–Crippen MR) is 87.5 cm³/mol. The first-order valence-electron chi connectivity index (χ1n) is 6.98. The Bertz CT molecular complexity index is 895. The molecule has 0 N–H and O–H groups in total. The first kappa shape index (κ1) is 18.0. The molecule has 0 amide bonds. The molecule has 2 aromatic rings.